The second kappa shape index (κ2) is 6.46. The summed E-state index contributed by atoms with van der Waals surface area (Å²) in [4.78, 5) is 9.52. The molecule has 1 saturated heterocycles. The van der Waals surface area contributed by atoms with Crippen LogP contribution in [0.3, 0.4) is 0 Å². The SMILES string of the molecule is CCNc1nc(N2CCCC(OC)C2)cc(C(F)(F)F)n1. The highest BCUT2D eigenvalue weighted by molar-refractivity contribution is 5.46. The van der Waals surface area contributed by atoms with Crippen LogP contribution in [0.1, 0.15) is 25.5 Å². The van der Waals surface area contributed by atoms with Crippen LogP contribution in [0.5, 0.6) is 0 Å². The van der Waals surface area contributed by atoms with E-state index in [9.17, 15) is 13.2 Å². The first-order chi connectivity index (χ1) is 9.94. The fourth-order valence-electron chi connectivity index (χ4n) is 2.32. The number of rotatable bonds is 4. The summed E-state index contributed by atoms with van der Waals surface area (Å²) in [5, 5.41) is 2.74. The predicted molar refractivity (Wildman–Crippen MR) is 73.4 cm³/mol. The molecule has 0 radical (unpaired) electrons. The van der Waals surface area contributed by atoms with Crippen molar-refractivity contribution in [3.05, 3.63) is 11.8 Å². The third-order valence-corrected chi connectivity index (χ3v) is 3.37. The Morgan fingerprint density at radius 2 is 2.19 bits per heavy atom. The van der Waals surface area contributed by atoms with Crippen molar-refractivity contribution in [1.29, 1.82) is 0 Å². The van der Waals surface area contributed by atoms with Gasteiger partial charge in [0.25, 0.3) is 0 Å². The van der Waals surface area contributed by atoms with Crippen LogP contribution in [0, 0.1) is 0 Å². The number of nitrogens with zero attached hydrogens (tertiary/aromatic N) is 3. The maximum Gasteiger partial charge on any atom is 0.433 e. The number of aromatic nitrogens is 2. The van der Waals surface area contributed by atoms with Crippen LogP contribution in [0.2, 0.25) is 0 Å². The van der Waals surface area contributed by atoms with Crippen molar-refractivity contribution in [2.45, 2.75) is 32.0 Å². The van der Waals surface area contributed by atoms with Crippen molar-refractivity contribution in [3.63, 3.8) is 0 Å². The predicted octanol–water partition coefficient (Wildman–Crippen LogP) is 2.54. The first-order valence-corrected chi connectivity index (χ1v) is 6.92. The molecule has 2 rings (SSSR count). The summed E-state index contributed by atoms with van der Waals surface area (Å²) >= 11 is 0. The van der Waals surface area contributed by atoms with Crippen LogP contribution < -0.4 is 10.2 Å². The van der Waals surface area contributed by atoms with E-state index in [0.29, 0.717) is 19.6 Å². The zero-order valence-corrected chi connectivity index (χ0v) is 12.1. The van der Waals surface area contributed by atoms with Gasteiger partial charge in [-0.1, -0.05) is 0 Å². The average molecular weight is 304 g/mol. The number of alkyl halides is 3. The summed E-state index contributed by atoms with van der Waals surface area (Å²) in [5.74, 6) is 0.289. The van der Waals surface area contributed by atoms with E-state index in [1.807, 2.05) is 4.90 Å². The largest absolute Gasteiger partial charge is 0.433 e. The minimum absolute atomic E-state index is 0.00173. The Balaban J connectivity index is 2.31. The summed E-state index contributed by atoms with van der Waals surface area (Å²) < 4.78 is 44.1. The molecule has 0 saturated carbocycles. The zero-order valence-electron chi connectivity index (χ0n) is 12.1. The molecule has 8 heteroatoms. The molecule has 1 aliphatic heterocycles. The standard InChI is InChI=1S/C13H19F3N4O/c1-3-17-12-18-10(13(14,15)16)7-11(19-12)20-6-4-5-9(8-20)21-2/h7,9H,3-6,8H2,1-2H3,(H,17,18,19). The van der Waals surface area contributed by atoms with Gasteiger partial charge in [0.1, 0.15) is 5.82 Å². The number of ether oxygens (including phenoxy) is 1. The molecule has 0 bridgehead atoms. The third-order valence-electron chi connectivity index (χ3n) is 3.37. The normalized spacial score (nSPS) is 19.7. The Bertz CT molecular complexity index is 481. The molecule has 118 valence electrons. The van der Waals surface area contributed by atoms with E-state index in [1.54, 1.807) is 14.0 Å². The molecule has 2 heterocycles. The fourth-order valence-corrected chi connectivity index (χ4v) is 2.32. The monoisotopic (exact) mass is 304 g/mol. The number of nitrogens with one attached hydrogen (secondary N) is 1. The van der Waals surface area contributed by atoms with Crippen molar-refractivity contribution in [2.24, 2.45) is 0 Å². The molecule has 1 aromatic rings. The number of anilines is 2. The number of methoxy groups -OCH3 is 1. The molecule has 5 nitrogen and oxygen atoms in total. The summed E-state index contributed by atoms with van der Waals surface area (Å²) in [5.41, 5.74) is -0.928. The molecule has 1 atom stereocenters. The Morgan fingerprint density at radius 3 is 2.81 bits per heavy atom. The molecule has 1 unspecified atom stereocenters. The van der Waals surface area contributed by atoms with Crippen molar-refractivity contribution in [2.75, 3.05) is 37.0 Å². The molecule has 1 aromatic heterocycles. The van der Waals surface area contributed by atoms with Gasteiger partial charge in [0.15, 0.2) is 5.69 Å². The molecule has 1 aliphatic rings. The Kier molecular flexibility index (Phi) is 4.87. The van der Waals surface area contributed by atoms with Gasteiger partial charge in [0.05, 0.1) is 6.10 Å². The van der Waals surface area contributed by atoms with Crippen LogP contribution in [0.4, 0.5) is 24.9 Å². The smallest absolute Gasteiger partial charge is 0.380 e. The van der Waals surface area contributed by atoms with Crippen LogP contribution in [0.15, 0.2) is 6.07 Å². The minimum Gasteiger partial charge on any atom is -0.380 e. The minimum atomic E-state index is -4.49. The zero-order chi connectivity index (χ0) is 15.5. The van der Waals surface area contributed by atoms with Gasteiger partial charge < -0.3 is 15.0 Å². The summed E-state index contributed by atoms with van der Waals surface area (Å²) in [6.07, 6.45) is -2.70. The van der Waals surface area contributed by atoms with E-state index in [2.05, 4.69) is 15.3 Å². The molecular weight excluding hydrogens is 285 g/mol. The average Bonchev–Trinajstić information content (AvgIpc) is 2.46. The van der Waals surface area contributed by atoms with Gasteiger partial charge in [-0.3, -0.25) is 0 Å². The second-order valence-corrected chi connectivity index (χ2v) is 4.91. The molecule has 0 aliphatic carbocycles. The molecule has 0 aromatic carbocycles. The summed E-state index contributed by atoms with van der Waals surface area (Å²) in [7, 11) is 1.61. The van der Waals surface area contributed by atoms with E-state index in [-0.39, 0.29) is 17.9 Å². The van der Waals surface area contributed by atoms with Gasteiger partial charge in [-0.2, -0.15) is 18.2 Å². The molecule has 1 fully saturated rings. The van der Waals surface area contributed by atoms with Crippen molar-refractivity contribution >= 4 is 11.8 Å². The van der Waals surface area contributed by atoms with Crippen molar-refractivity contribution in [3.8, 4) is 0 Å². The highest BCUT2D eigenvalue weighted by Gasteiger charge is 2.34. The lowest BCUT2D eigenvalue weighted by atomic mass is 10.1. The Labute approximate surface area is 121 Å². The topological polar surface area (TPSA) is 50.3 Å². The second-order valence-electron chi connectivity index (χ2n) is 4.91. The molecule has 0 spiro atoms. The van der Waals surface area contributed by atoms with Crippen LogP contribution in [-0.4, -0.2) is 42.8 Å². The molecule has 1 N–H and O–H groups in total. The van der Waals surface area contributed by atoms with E-state index >= 15 is 0 Å². The van der Waals surface area contributed by atoms with Crippen LogP contribution >= 0.6 is 0 Å². The first-order valence-electron chi connectivity index (χ1n) is 6.92. The number of hydrogen-bond acceptors (Lipinski definition) is 5. The molecule has 0 amide bonds. The van der Waals surface area contributed by atoms with Crippen molar-refractivity contribution in [1.82, 2.24) is 9.97 Å². The summed E-state index contributed by atoms with van der Waals surface area (Å²) in [6, 6.07) is 0.999. The Hall–Kier alpha value is -1.57. The lowest BCUT2D eigenvalue weighted by Crippen LogP contribution is -2.40. The molecule has 21 heavy (non-hydrogen) atoms. The van der Waals surface area contributed by atoms with Crippen LogP contribution in [0.25, 0.3) is 0 Å². The number of halogens is 3. The third kappa shape index (κ3) is 3.96. The fraction of sp³-hybridized carbons (Fsp3) is 0.692. The van der Waals surface area contributed by atoms with Crippen LogP contribution in [-0.2, 0) is 10.9 Å². The highest BCUT2D eigenvalue weighted by atomic mass is 19.4. The van der Waals surface area contributed by atoms with Gasteiger partial charge >= 0.3 is 6.18 Å². The van der Waals surface area contributed by atoms with Crippen molar-refractivity contribution < 1.29 is 17.9 Å². The maximum atomic E-state index is 12.9. The lowest BCUT2D eigenvalue weighted by molar-refractivity contribution is -0.141. The van der Waals surface area contributed by atoms with Gasteiger partial charge in [0, 0.05) is 32.8 Å². The van der Waals surface area contributed by atoms with E-state index in [4.69, 9.17) is 4.74 Å². The van der Waals surface area contributed by atoms with E-state index in [0.717, 1.165) is 18.9 Å². The van der Waals surface area contributed by atoms with Gasteiger partial charge in [-0.25, -0.2) is 4.98 Å². The highest BCUT2D eigenvalue weighted by Crippen LogP contribution is 2.31. The van der Waals surface area contributed by atoms with E-state index < -0.39 is 11.9 Å². The maximum absolute atomic E-state index is 12.9. The molecular formula is C13H19F3N4O. The summed E-state index contributed by atoms with van der Waals surface area (Å²) in [6.45, 7) is 3.45. The number of hydrogen-bond donors (Lipinski definition) is 1. The Morgan fingerprint density at radius 1 is 1.43 bits per heavy atom. The lowest BCUT2D eigenvalue weighted by Gasteiger charge is -2.33. The van der Waals surface area contributed by atoms with E-state index in [1.165, 1.54) is 0 Å². The number of piperidine rings is 1. The van der Waals surface area contributed by atoms with Gasteiger partial charge in [-0.05, 0) is 19.8 Å². The van der Waals surface area contributed by atoms with Gasteiger partial charge in [0.2, 0.25) is 5.95 Å². The first kappa shape index (κ1) is 15.8. The van der Waals surface area contributed by atoms with Gasteiger partial charge in [-0.15, -0.1) is 0 Å². The quantitative estimate of drug-likeness (QED) is 0.926.